The molecule has 0 radical (unpaired) electrons. The number of hydrogen-bond donors (Lipinski definition) is 1. The van der Waals surface area contributed by atoms with Crippen LogP contribution in [0.25, 0.3) is 11.0 Å². The fraction of sp³-hybridized carbons (Fsp3) is 0.455. The summed E-state index contributed by atoms with van der Waals surface area (Å²) in [4.78, 5) is 5.89. The molecule has 2 aliphatic rings. The highest BCUT2D eigenvalue weighted by Crippen LogP contribution is 2.36. The SMILES string of the molecule is COc1cc2c(cc1S(=O)(=O)Nc1noc3cc(CN4CC(F)(F)C4)nc(OC)c13)CCCC2. The normalized spacial score (nSPS) is 17.8. The van der Waals surface area contributed by atoms with E-state index in [1.54, 1.807) is 18.2 Å². The molecular weight excluding hydrogens is 470 g/mol. The summed E-state index contributed by atoms with van der Waals surface area (Å²) in [5.74, 6) is -2.44. The van der Waals surface area contributed by atoms with Crippen LogP contribution in [-0.2, 0) is 29.4 Å². The molecule has 1 aromatic carbocycles. The number of benzene rings is 1. The first-order valence-corrected chi connectivity index (χ1v) is 12.3. The second-order valence-corrected chi connectivity index (χ2v) is 10.3. The number of nitrogens with zero attached hydrogens (tertiary/aromatic N) is 3. The molecule has 0 atom stereocenters. The van der Waals surface area contributed by atoms with Crippen LogP contribution in [0.1, 0.15) is 29.7 Å². The Morgan fingerprint density at radius 2 is 1.82 bits per heavy atom. The maximum absolute atomic E-state index is 13.3. The molecule has 34 heavy (non-hydrogen) atoms. The van der Waals surface area contributed by atoms with E-state index in [4.69, 9.17) is 14.0 Å². The smallest absolute Gasteiger partial charge is 0.272 e. The maximum atomic E-state index is 13.3. The van der Waals surface area contributed by atoms with Crippen LogP contribution < -0.4 is 14.2 Å². The van der Waals surface area contributed by atoms with E-state index in [0.717, 1.165) is 36.8 Å². The number of likely N-dealkylation sites (tertiary alicyclic amines) is 1. The van der Waals surface area contributed by atoms with Crippen molar-refractivity contribution in [3.63, 3.8) is 0 Å². The first-order valence-electron chi connectivity index (χ1n) is 10.9. The second-order valence-electron chi connectivity index (χ2n) is 8.61. The minimum absolute atomic E-state index is 0.00839. The van der Waals surface area contributed by atoms with Crippen molar-refractivity contribution >= 4 is 26.8 Å². The average Bonchev–Trinajstić information content (AvgIpc) is 3.18. The third-order valence-electron chi connectivity index (χ3n) is 6.11. The predicted octanol–water partition coefficient (Wildman–Crippen LogP) is 3.37. The van der Waals surface area contributed by atoms with Crippen LogP contribution in [0, 0.1) is 0 Å². The Hall–Kier alpha value is -2.99. The second kappa shape index (κ2) is 8.35. The number of rotatable bonds is 7. The Morgan fingerprint density at radius 3 is 2.47 bits per heavy atom. The lowest BCUT2D eigenvalue weighted by atomic mass is 9.92. The summed E-state index contributed by atoms with van der Waals surface area (Å²) in [6.45, 7) is -0.520. The zero-order chi connectivity index (χ0) is 24.1. The molecular formula is C22H24F2N4O5S. The van der Waals surface area contributed by atoms with Gasteiger partial charge in [0.2, 0.25) is 5.88 Å². The van der Waals surface area contributed by atoms with Crippen molar-refractivity contribution in [2.24, 2.45) is 0 Å². The molecule has 182 valence electrons. The molecule has 0 unspecified atom stereocenters. The number of ether oxygens (including phenoxy) is 2. The summed E-state index contributed by atoms with van der Waals surface area (Å²) in [5.41, 5.74) is 2.75. The van der Waals surface area contributed by atoms with Crippen molar-refractivity contribution in [3.8, 4) is 11.6 Å². The van der Waals surface area contributed by atoms with Crippen molar-refractivity contribution in [2.75, 3.05) is 32.0 Å². The summed E-state index contributed by atoms with van der Waals surface area (Å²) in [7, 11) is -1.28. The summed E-state index contributed by atoms with van der Waals surface area (Å²) < 4.78 is 71.5. The summed E-state index contributed by atoms with van der Waals surface area (Å²) in [6.07, 6.45) is 3.74. The minimum Gasteiger partial charge on any atom is -0.495 e. The first-order chi connectivity index (χ1) is 16.2. The molecule has 3 aromatic rings. The fourth-order valence-corrected chi connectivity index (χ4v) is 5.73. The average molecular weight is 495 g/mol. The highest BCUT2D eigenvalue weighted by molar-refractivity contribution is 7.92. The molecule has 1 saturated heterocycles. The number of hydrogen-bond acceptors (Lipinski definition) is 8. The molecule has 1 aliphatic carbocycles. The third-order valence-corrected chi connectivity index (χ3v) is 7.47. The lowest BCUT2D eigenvalue weighted by Crippen LogP contribution is -2.55. The van der Waals surface area contributed by atoms with Crippen LogP contribution in [0.4, 0.5) is 14.6 Å². The standard InChI is InChI=1S/C22H24F2N4O5S/c1-31-16-7-13-5-3-4-6-14(13)8-18(16)34(29,30)27-20-19-17(33-26-20)9-15(25-21(19)32-2)10-28-11-22(23,24)12-28/h7-9H,3-6,10-12H2,1-2H3,(H,26,27). The van der Waals surface area contributed by atoms with Crippen LogP contribution in [0.3, 0.4) is 0 Å². The van der Waals surface area contributed by atoms with Crippen molar-refractivity contribution in [3.05, 3.63) is 35.0 Å². The number of sulfonamides is 1. The van der Waals surface area contributed by atoms with Gasteiger partial charge in [-0.2, -0.15) is 0 Å². The summed E-state index contributed by atoms with van der Waals surface area (Å²) in [6, 6.07) is 4.96. The number of alkyl halides is 2. The molecule has 0 amide bonds. The van der Waals surface area contributed by atoms with Gasteiger partial charge in [0.15, 0.2) is 11.4 Å². The van der Waals surface area contributed by atoms with Gasteiger partial charge in [-0.1, -0.05) is 5.16 Å². The number of methoxy groups -OCH3 is 2. The van der Waals surface area contributed by atoms with Crippen molar-refractivity contribution in [2.45, 2.75) is 43.0 Å². The molecule has 0 bridgehead atoms. The van der Waals surface area contributed by atoms with Crippen LogP contribution in [0.5, 0.6) is 11.6 Å². The minimum atomic E-state index is -4.09. The van der Waals surface area contributed by atoms with Gasteiger partial charge in [-0.3, -0.25) is 9.62 Å². The zero-order valence-electron chi connectivity index (χ0n) is 18.7. The van der Waals surface area contributed by atoms with Crippen LogP contribution in [-0.4, -0.2) is 56.7 Å². The molecule has 1 aliphatic heterocycles. The van der Waals surface area contributed by atoms with Crippen LogP contribution in [0.15, 0.2) is 27.6 Å². The van der Waals surface area contributed by atoms with E-state index in [-0.39, 0.29) is 52.9 Å². The Labute approximate surface area is 195 Å². The third kappa shape index (κ3) is 4.16. The zero-order valence-corrected chi connectivity index (χ0v) is 19.5. The van der Waals surface area contributed by atoms with E-state index < -0.39 is 15.9 Å². The summed E-state index contributed by atoms with van der Waals surface area (Å²) >= 11 is 0. The first kappa shape index (κ1) is 22.8. The highest BCUT2D eigenvalue weighted by atomic mass is 32.2. The monoisotopic (exact) mass is 494 g/mol. The van der Waals surface area contributed by atoms with Gasteiger partial charge in [0.05, 0.1) is 33.0 Å². The van der Waals surface area contributed by atoms with E-state index in [1.807, 2.05) is 0 Å². The van der Waals surface area contributed by atoms with Gasteiger partial charge in [-0.15, -0.1) is 0 Å². The van der Waals surface area contributed by atoms with Crippen LogP contribution in [0.2, 0.25) is 0 Å². The van der Waals surface area contributed by atoms with Gasteiger partial charge < -0.3 is 14.0 Å². The van der Waals surface area contributed by atoms with Gasteiger partial charge in [-0.25, -0.2) is 22.2 Å². The Bertz CT molecular complexity index is 1350. The molecule has 0 spiro atoms. The van der Waals surface area contributed by atoms with Gasteiger partial charge in [0.1, 0.15) is 16.0 Å². The van der Waals surface area contributed by atoms with Crippen molar-refractivity contribution < 1.29 is 31.2 Å². The van der Waals surface area contributed by atoms with Gasteiger partial charge in [-0.05, 0) is 48.9 Å². The van der Waals surface area contributed by atoms with Gasteiger partial charge in [0.25, 0.3) is 15.9 Å². The number of anilines is 1. The van der Waals surface area contributed by atoms with E-state index in [9.17, 15) is 17.2 Å². The lowest BCUT2D eigenvalue weighted by Gasteiger charge is -2.38. The Balaban J connectivity index is 1.47. The predicted molar refractivity (Wildman–Crippen MR) is 119 cm³/mol. The summed E-state index contributed by atoms with van der Waals surface area (Å²) in [5, 5.41) is 4.11. The Kier molecular flexibility index (Phi) is 5.59. The molecule has 3 heterocycles. The largest absolute Gasteiger partial charge is 0.495 e. The Morgan fingerprint density at radius 1 is 1.12 bits per heavy atom. The maximum Gasteiger partial charge on any atom is 0.272 e. The van der Waals surface area contributed by atoms with E-state index in [2.05, 4.69) is 14.9 Å². The van der Waals surface area contributed by atoms with Crippen molar-refractivity contribution in [1.82, 2.24) is 15.0 Å². The van der Waals surface area contributed by atoms with E-state index >= 15 is 0 Å². The topological polar surface area (TPSA) is 107 Å². The number of fused-ring (bicyclic) bond motifs is 2. The number of aryl methyl sites for hydroxylation is 2. The molecule has 1 fully saturated rings. The number of halogens is 2. The number of nitrogens with one attached hydrogen (secondary N) is 1. The molecule has 9 nitrogen and oxygen atoms in total. The quantitative estimate of drug-likeness (QED) is 0.533. The number of aromatic nitrogens is 2. The van der Waals surface area contributed by atoms with E-state index in [0.29, 0.717) is 5.69 Å². The highest BCUT2D eigenvalue weighted by Gasteiger charge is 2.43. The molecule has 5 rings (SSSR count). The van der Waals surface area contributed by atoms with E-state index in [1.165, 1.54) is 19.1 Å². The molecule has 2 aromatic heterocycles. The van der Waals surface area contributed by atoms with Gasteiger partial charge >= 0.3 is 0 Å². The molecule has 0 saturated carbocycles. The van der Waals surface area contributed by atoms with Gasteiger partial charge in [0, 0.05) is 12.6 Å². The lowest BCUT2D eigenvalue weighted by molar-refractivity contribution is -0.134. The van der Waals surface area contributed by atoms with Crippen LogP contribution >= 0.6 is 0 Å². The number of pyridine rings is 1. The molecule has 1 N–H and O–H groups in total. The van der Waals surface area contributed by atoms with Crippen molar-refractivity contribution in [1.29, 1.82) is 0 Å². The molecule has 12 heteroatoms. The fourth-order valence-electron chi connectivity index (χ4n) is 4.52.